The van der Waals surface area contributed by atoms with Crippen LogP contribution in [0.2, 0.25) is 0 Å². The molecule has 0 saturated heterocycles. The van der Waals surface area contributed by atoms with Gasteiger partial charge in [0.15, 0.2) is 0 Å². The molecule has 0 bridgehead atoms. The van der Waals surface area contributed by atoms with E-state index in [1.807, 2.05) is 13.8 Å². The first-order valence-corrected chi connectivity index (χ1v) is 7.44. The van der Waals surface area contributed by atoms with E-state index in [9.17, 15) is 4.79 Å². The maximum absolute atomic E-state index is 10.9. The molecule has 0 fully saturated rings. The number of benzene rings is 1. The van der Waals surface area contributed by atoms with E-state index < -0.39 is 16.8 Å². The highest BCUT2D eigenvalue weighted by Crippen LogP contribution is 2.31. The summed E-state index contributed by atoms with van der Waals surface area (Å²) in [4.78, 5) is 10.9. The molecular weight excluding hydrogens is 258 g/mol. The molecule has 0 aliphatic rings. The van der Waals surface area contributed by atoms with Crippen LogP contribution in [-0.4, -0.2) is 21.9 Å². The van der Waals surface area contributed by atoms with Crippen LogP contribution in [0.25, 0.3) is 0 Å². The summed E-state index contributed by atoms with van der Waals surface area (Å²) >= 11 is 1.58. The lowest BCUT2D eigenvalue weighted by Gasteiger charge is -2.28. The highest BCUT2D eigenvalue weighted by molar-refractivity contribution is 7.99. The molecule has 19 heavy (non-hydrogen) atoms. The van der Waals surface area contributed by atoms with Crippen molar-refractivity contribution in [2.45, 2.75) is 50.2 Å². The second kappa shape index (κ2) is 6.44. The average Bonchev–Trinajstić information content (AvgIpc) is 2.35. The van der Waals surface area contributed by atoms with Gasteiger partial charge < -0.3 is 10.8 Å². The first-order valence-electron chi connectivity index (χ1n) is 6.45. The Labute approximate surface area is 119 Å². The number of hydrogen-bond donors (Lipinski definition) is 2. The maximum atomic E-state index is 10.9. The van der Waals surface area contributed by atoms with Gasteiger partial charge in [-0.15, -0.1) is 11.8 Å². The smallest absolute Gasteiger partial charge is 0.321 e. The van der Waals surface area contributed by atoms with Gasteiger partial charge in [0.2, 0.25) is 0 Å². The Bertz CT molecular complexity index is 426. The van der Waals surface area contributed by atoms with E-state index in [1.54, 1.807) is 11.8 Å². The fourth-order valence-corrected chi connectivity index (χ4v) is 2.67. The summed E-state index contributed by atoms with van der Waals surface area (Å²) in [6, 6.07) is 7.61. The van der Waals surface area contributed by atoms with Crippen LogP contribution in [0.4, 0.5) is 0 Å². The molecular formula is C15H23NO2S. The third-order valence-corrected chi connectivity index (χ3v) is 4.75. The molecule has 0 amide bonds. The monoisotopic (exact) mass is 281 g/mol. The molecule has 0 heterocycles. The van der Waals surface area contributed by atoms with Crippen molar-refractivity contribution in [1.29, 1.82) is 0 Å². The summed E-state index contributed by atoms with van der Waals surface area (Å²) < 4.78 is -0.484. The minimum atomic E-state index is -0.951. The minimum absolute atomic E-state index is 0.484. The molecule has 1 atom stereocenters. The number of aliphatic carboxylic acids is 1. The Balaban J connectivity index is 2.63. The molecule has 0 aliphatic carbocycles. The Kier molecular flexibility index (Phi) is 5.44. The number of thioether (sulfide) groups is 1. The first-order chi connectivity index (χ1) is 8.74. The van der Waals surface area contributed by atoms with Crippen LogP contribution >= 0.6 is 11.8 Å². The number of hydrogen-bond acceptors (Lipinski definition) is 3. The Hall–Kier alpha value is -1.00. The van der Waals surface area contributed by atoms with Crippen molar-refractivity contribution in [3.05, 3.63) is 35.4 Å². The van der Waals surface area contributed by atoms with Gasteiger partial charge in [-0.3, -0.25) is 4.79 Å². The van der Waals surface area contributed by atoms with E-state index in [-0.39, 0.29) is 0 Å². The van der Waals surface area contributed by atoms with Gasteiger partial charge in [-0.2, -0.15) is 0 Å². The summed E-state index contributed by atoms with van der Waals surface area (Å²) in [7, 11) is 0. The predicted octanol–water partition coefficient (Wildman–Crippen LogP) is 3.23. The third kappa shape index (κ3) is 4.55. The topological polar surface area (TPSA) is 63.3 Å². The fourth-order valence-electron chi connectivity index (χ4n) is 1.66. The molecule has 0 saturated carbocycles. The molecule has 4 heteroatoms. The molecule has 0 aromatic heterocycles. The number of nitrogens with two attached hydrogens (primary N) is 1. The molecule has 0 aliphatic heterocycles. The van der Waals surface area contributed by atoms with Gasteiger partial charge >= 0.3 is 5.97 Å². The number of carboxylic acid groups (broad SMARTS) is 1. The van der Waals surface area contributed by atoms with Crippen LogP contribution in [-0.2, 0) is 10.5 Å². The molecule has 3 nitrogen and oxygen atoms in total. The summed E-state index contributed by atoms with van der Waals surface area (Å²) in [5.41, 5.74) is 8.21. The van der Waals surface area contributed by atoms with Gasteiger partial charge in [-0.25, -0.2) is 0 Å². The van der Waals surface area contributed by atoms with Crippen molar-refractivity contribution in [2.75, 3.05) is 0 Å². The zero-order valence-corrected chi connectivity index (χ0v) is 12.8. The second-order valence-corrected chi connectivity index (χ2v) is 7.23. The fraction of sp³-hybridized carbons (Fsp3) is 0.533. The lowest BCUT2D eigenvalue weighted by molar-refractivity contribution is -0.139. The highest BCUT2D eigenvalue weighted by atomic mass is 32.2. The first kappa shape index (κ1) is 16.1. The molecule has 0 unspecified atom stereocenters. The molecule has 1 rings (SSSR count). The van der Waals surface area contributed by atoms with Gasteiger partial charge in [0.25, 0.3) is 0 Å². The quantitative estimate of drug-likeness (QED) is 0.840. The minimum Gasteiger partial charge on any atom is -0.480 e. The molecule has 0 radical (unpaired) electrons. The van der Waals surface area contributed by atoms with Crippen LogP contribution in [0.15, 0.2) is 24.3 Å². The van der Waals surface area contributed by atoms with Crippen molar-refractivity contribution in [3.8, 4) is 0 Å². The van der Waals surface area contributed by atoms with E-state index in [4.69, 9.17) is 10.8 Å². The Morgan fingerprint density at radius 2 is 1.84 bits per heavy atom. The molecule has 0 spiro atoms. The lowest BCUT2D eigenvalue weighted by atomic mass is 10.0. The SMILES string of the molecule is CC(C)c1ccc(CSC(C)(C)[C@H](N)C(=O)O)cc1. The van der Waals surface area contributed by atoms with E-state index in [1.165, 1.54) is 11.1 Å². The van der Waals surface area contributed by atoms with Gasteiger partial charge in [0, 0.05) is 10.5 Å². The van der Waals surface area contributed by atoms with Crippen LogP contribution in [0.1, 0.15) is 44.7 Å². The van der Waals surface area contributed by atoms with Crippen molar-refractivity contribution >= 4 is 17.7 Å². The van der Waals surface area contributed by atoms with Crippen molar-refractivity contribution in [2.24, 2.45) is 5.73 Å². The number of rotatable bonds is 6. The van der Waals surface area contributed by atoms with Gasteiger partial charge in [0.05, 0.1) is 0 Å². The zero-order chi connectivity index (χ0) is 14.6. The number of carbonyl (C=O) groups is 1. The van der Waals surface area contributed by atoms with E-state index in [2.05, 4.69) is 38.1 Å². The second-order valence-electron chi connectivity index (χ2n) is 5.60. The summed E-state index contributed by atoms with van der Waals surface area (Å²) in [5.74, 6) is 0.345. The highest BCUT2D eigenvalue weighted by Gasteiger charge is 2.32. The van der Waals surface area contributed by atoms with Crippen LogP contribution < -0.4 is 5.73 Å². The van der Waals surface area contributed by atoms with Gasteiger partial charge in [-0.1, -0.05) is 38.1 Å². The molecule has 3 N–H and O–H groups in total. The number of carboxylic acids is 1. The molecule has 1 aromatic carbocycles. The normalized spacial score (nSPS) is 13.6. The van der Waals surface area contributed by atoms with E-state index >= 15 is 0 Å². The van der Waals surface area contributed by atoms with Crippen LogP contribution in [0.3, 0.4) is 0 Å². The molecule has 106 valence electrons. The largest absolute Gasteiger partial charge is 0.480 e. The van der Waals surface area contributed by atoms with Crippen molar-refractivity contribution in [1.82, 2.24) is 0 Å². The molecule has 1 aromatic rings. The standard InChI is InChI=1S/C15H23NO2S/c1-10(2)12-7-5-11(6-8-12)9-19-15(3,4)13(16)14(17)18/h5-8,10,13H,9,16H2,1-4H3,(H,17,18)/t13-/m1/s1. The summed E-state index contributed by atoms with van der Waals surface area (Å²) in [5, 5.41) is 8.97. The zero-order valence-electron chi connectivity index (χ0n) is 12.0. The predicted molar refractivity (Wildman–Crippen MR) is 81.5 cm³/mol. The van der Waals surface area contributed by atoms with Crippen molar-refractivity contribution < 1.29 is 9.90 Å². The lowest BCUT2D eigenvalue weighted by Crippen LogP contribution is -2.46. The maximum Gasteiger partial charge on any atom is 0.321 e. The van der Waals surface area contributed by atoms with Crippen molar-refractivity contribution in [3.63, 3.8) is 0 Å². The van der Waals surface area contributed by atoms with E-state index in [0.29, 0.717) is 5.92 Å². The van der Waals surface area contributed by atoms with E-state index in [0.717, 1.165) is 5.75 Å². The van der Waals surface area contributed by atoms with Crippen LogP contribution in [0, 0.1) is 0 Å². The Morgan fingerprint density at radius 3 is 2.26 bits per heavy atom. The summed E-state index contributed by atoms with van der Waals surface area (Å²) in [6.45, 7) is 8.08. The van der Waals surface area contributed by atoms with Gasteiger partial charge in [0.1, 0.15) is 6.04 Å². The average molecular weight is 281 g/mol. The Morgan fingerprint density at radius 1 is 1.32 bits per heavy atom. The van der Waals surface area contributed by atoms with Crippen LogP contribution in [0.5, 0.6) is 0 Å². The van der Waals surface area contributed by atoms with Gasteiger partial charge in [-0.05, 0) is 30.9 Å². The third-order valence-electron chi connectivity index (χ3n) is 3.27. The summed E-state index contributed by atoms with van der Waals surface area (Å²) in [6.07, 6.45) is 0.